The molecule has 5 aromatic rings. The van der Waals surface area contributed by atoms with Gasteiger partial charge in [0.25, 0.3) is 0 Å². The maximum absolute atomic E-state index is 15.4. The van der Waals surface area contributed by atoms with Gasteiger partial charge in [-0.05, 0) is 51.3 Å². The number of nitrogens with zero attached hydrogens (tertiary/aromatic N) is 3. The number of rotatable bonds is 2. The fourth-order valence-electron chi connectivity index (χ4n) is 4.03. The molecule has 0 amide bonds. The first-order valence-corrected chi connectivity index (χ1v) is 10.3. The molecule has 4 aromatic carbocycles. The first kappa shape index (κ1) is 19.1. The van der Waals surface area contributed by atoms with Gasteiger partial charge in [0, 0.05) is 15.2 Å². The molecule has 31 heavy (non-hydrogen) atoms. The van der Waals surface area contributed by atoms with Gasteiger partial charge in [-0.25, -0.2) is 4.39 Å². The first-order chi connectivity index (χ1) is 15.1. The molecule has 0 unspecified atom stereocenters. The van der Waals surface area contributed by atoms with Crippen molar-refractivity contribution in [2.45, 2.75) is 0 Å². The zero-order valence-corrected chi connectivity index (χ0v) is 17.7. The molecule has 1 aromatic heterocycles. The van der Waals surface area contributed by atoms with Crippen molar-refractivity contribution in [3.8, 4) is 29.0 Å². The minimum Gasteiger partial charge on any atom is -0.305 e. The van der Waals surface area contributed by atoms with Crippen molar-refractivity contribution >= 4 is 37.7 Å². The number of fused-ring (bicyclic) bond motifs is 3. The van der Waals surface area contributed by atoms with Crippen molar-refractivity contribution in [2.75, 3.05) is 0 Å². The predicted octanol–water partition coefficient (Wildman–Crippen LogP) is 7.10. The number of para-hydroxylation sites is 1. The smallest absolute Gasteiger partial charge is 0.166 e. The van der Waals surface area contributed by atoms with Crippen LogP contribution < -0.4 is 0 Å². The molecule has 5 heteroatoms. The van der Waals surface area contributed by atoms with E-state index in [-0.39, 0.29) is 16.8 Å². The summed E-state index contributed by atoms with van der Waals surface area (Å²) in [5, 5.41) is 21.1. The molecule has 0 saturated carbocycles. The van der Waals surface area contributed by atoms with E-state index in [9.17, 15) is 10.5 Å². The van der Waals surface area contributed by atoms with Crippen LogP contribution in [-0.4, -0.2) is 4.57 Å². The van der Waals surface area contributed by atoms with Crippen LogP contribution in [0.5, 0.6) is 0 Å². The molecule has 0 radical (unpaired) electrons. The van der Waals surface area contributed by atoms with Crippen molar-refractivity contribution in [1.82, 2.24) is 4.57 Å². The second-order valence-electron chi connectivity index (χ2n) is 7.12. The van der Waals surface area contributed by atoms with Crippen molar-refractivity contribution in [3.63, 3.8) is 0 Å². The number of aromatic nitrogens is 1. The molecule has 5 rings (SSSR count). The van der Waals surface area contributed by atoms with Crippen molar-refractivity contribution < 1.29 is 4.39 Å². The molecule has 0 N–H and O–H groups in total. The van der Waals surface area contributed by atoms with Gasteiger partial charge in [0.2, 0.25) is 0 Å². The quantitative estimate of drug-likeness (QED) is 0.279. The SMILES string of the molecule is N#Cc1cc(Br)c(C#N)c(-n2c3ccccc3c3cc(-c4ccccc4)ccc32)c1F. The van der Waals surface area contributed by atoms with Crippen molar-refractivity contribution in [1.29, 1.82) is 10.5 Å². The molecule has 0 bridgehead atoms. The van der Waals surface area contributed by atoms with Crippen LogP contribution in [-0.2, 0) is 0 Å². The van der Waals surface area contributed by atoms with Gasteiger partial charge in [-0.1, -0.05) is 54.6 Å². The Balaban J connectivity index is 1.93. The number of halogens is 2. The van der Waals surface area contributed by atoms with E-state index in [2.05, 4.69) is 28.1 Å². The topological polar surface area (TPSA) is 52.5 Å². The van der Waals surface area contributed by atoms with Crippen LogP contribution in [0.15, 0.2) is 83.3 Å². The molecule has 0 aliphatic rings. The average molecular weight is 466 g/mol. The summed E-state index contributed by atoms with van der Waals surface area (Å²) in [6, 6.07) is 29.1. The lowest BCUT2D eigenvalue weighted by Gasteiger charge is -2.13. The molecule has 0 fully saturated rings. The Morgan fingerprint density at radius 3 is 2.19 bits per heavy atom. The van der Waals surface area contributed by atoms with Gasteiger partial charge < -0.3 is 4.57 Å². The summed E-state index contributed by atoms with van der Waals surface area (Å²) in [5.74, 6) is -0.711. The molecule has 3 nitrogen and oxygen atoms in total. The molecule has 0 spiro atoms. The van der Waals surface area contributed by atoms with Crippen molar-refractivity contribution in [2.24, 2.45) is 0 Å². The Morgan fingerprint density at radius 1 is 0.742 bits per heavy atom. The van der Waals surface area contributed by atoms with Crippen LogP contribution in [0.4, 0.5) is 4.39 Å². The molecule has 0 aliphatic carbocycles. The molecule has 0 aliphatic heterocycles. The van der Waals surface area contributed by atoms with Crippen LogP contribution in [0.1, 0.15) is 11.1 Å². The van der Waals surface area contributed by atoms with Gasteiger partial charge >= 0.3 is 0 Å². The summed E-state index contributed by atoms with van der Waals surface area (Å²) in [7, 11) is 0. The van der Waals surface area contributed by atoms with E-state index >= 15 is 4.39 Å². The zero-order chi connectivity index (χ0) is 21.5. The van der Waals surface area contributed by atoms with E-state index < -0.39 is 5.82 Å². The van der Waals surface area contributed by atoms with E-state index in [1.165, 1.54) is 6.07 Å². The zero-order valence-electron chi connectivity index (χ0n) is 16.1. The van der Waals surface area contributed by atoms with Crippen LogP contribution in [0.2, 0.25) is 0 Å². The fraction of sp³-hybridized carbons (Fsp3) is 0. The second-order valence-corrected chi connectivity index (χ2v) is 7.97. The van der Waals surface area contributed by atoms with E-state index in [0.717, 1.165) is 32.9 Å². The largest absolute Gasteiger partial charge is 0.305 e. The number of hydrogen-bond donors (Lipinski definition) is 0. The normalized spacial score (nSPS) is 10.8. The van der Waals surface area contributed by atoms with E-state index in [4.69, 9.17) is 0 Å². The van der Waals surface area contributed by atoms with Crippen LogP contribution in [0.25, 0.3) is 38.6 Å². The summed E-state index contributed by atoms with van der Waals surface area (Å²) < 4.78 is 17.6. The van der Waals surface area contributed by atoms with Gasteiger partial charge in [0.05, 0.1) is 22.2 Å². The van der Waals surface area contributed by atoms with Gasteiger partial charge in [-0.2, -0.15) is 10.5 Å². The van der Waals surface area contributed by atoms with Crippen LogP contribution >= 0.6 is 15.9 Å². The van der Waals surface area contributed by atoms with Crippen LogP contribution in [0.3, 0.4) is 0 Å². The number of benzene rings is 4. The van der Waals surface area contributed by atoms with Crippen molar-refractivity contribution in [3.05, 3.63) is 100 Å². The first-order valence-electron chi connectivity index (χ1n) is 9.55. The monoisotopic (exact) mass is 465 g/mol. The molecule has 0 saturated heterocycles. The Bertz CT molecular complexity index is 1570. The second kappa shape index (κ2) is 7.40. The van der Waals surface area contributed by atoms with E-state index in [1.54, 1.807) is 4.57 Å². The maximum atomic E-state index is 15.4. The minimum atomic E-state index is -0.711. The molecular weight excluding hydrogens is 453 g/mol. The van der Waals surface area contributed by atoms with Gasteiger partial charge in [0.1, 0.15) is 17.8 Å². The lowest BCUT2D eigenvalue weighted by atomic mass is 10.0. The Kier molecular flexibility index (Phi) is 4.55. The molecule has 0 atom stereocenters. The summed E-state index contributed by atoms with van der Waals surface area (Å²) in [4.78, 5) is 0. The summed E-state index contributed by atoms with van der Waals surface area (Å²) >= 11 is 3.34. The Morgan fingerprint density at radius 2 is 1.45 bits per heavy atom. The molecule has 1 heterocycles. The van der Waals surface area contributed by atoms with Gasteiger partial charge in [-0.3, -0.25) is 0 Å². The Labute approximate surface area is 186 Å². The summed E-state index contributed by atoms with van der Waals surface area (Å²) in [6.45, 7) is 0. The standard InChI is InChI=1S/C26H13BrFN3/c27-22-13-18(14-29)25(28)26(21(22)15-30)31-23-9-5-4-8-19(23)20-12-17(10-11-24(20)31)16-6-2-1-3-7-16/h1-13H. The highest BCUT2D eigenvalue weighted by atomic mass is 79.9. The van der Waals surface area contributed by atoms with Gasteiger partial charge in [0.15, 0.2) is 5.82 Å². The highest BCUT2D eigenvalue weighted by molar-refractivity contribution is 9.10. The van der Waals surface area contributed by atoms with E-state index in [0.29, 0.717) is 4.47 Å². The van der Waals surface area contributed by atoms with E-state index in [1.807, 2.05) is 72.8 Å². The average Bonchev–Trinajstić information content (AvgIpc) is 3.14. The lowest BCUT2D eigenvalue weighted by Crippen LogP contribution is -2.04. The molecular formula is C26H13BrFN3. The maximum Gasteiger partial charge on any atom is 0.166 e. The third-order valence-corrected chi connectivity index (χ3v) is 6.05. The predicted molar refractivity (Wildman–Crippen MR) is 123 cm³/mol. The third kappa shape index (κ3) is 2.91. The lowest BCUT2D eigenvalue weighted by molar-refractivity contribution is 0.616. The number of hydrogen-bond acceptors (Lipinski definition) is 2. The highest BCUT2D eigenvalue weighted by Crippen LogP contribution is 2.38. The number of nitriles is 2. The fourth-order valence-corrected chi connectivity index (χ4v) is 4.54. The highest BCUT2D eigenvalue weighted by Gasteiger charge is 2.23. The van der Waals surface area contributed by atoms with Crippen LogP contribution in [0, 0.1) is 28.5 Å². The summed E-state index contributed by atoms with van der Waals surface area (Å²) in [5.41, 5.74) is 3.76. The minimum absolute atomic E-state index is 0.0760. The third-order valence-electron chi connectivity index (χ3n) is 5.43. The molecule has 146 valence electrons. The van der Waals surface area contributed by atoms with Gasteiger partial charge in [-0.15, -0.1) is 0 Å². The Hall–Kier alpha value is -3.93. The summed E-state index contributed by atoms with van der Waals surface area (Å²) in [6.07, 6.45) is 0.